The summed E-state index contributed by atoms with van der Waals surface area (Å²) < 4.78 is 1.67. The Balaban J connectivity index is 1.57. The lowest BCUT2D eigenvalue weighted by atomic mass is 10.1. The predicted molar refractivity (Wildman–Crippen MR) is 108 cm³/mol. The van der Waals surface area contributed by atoms with Gasteiger partial charge in [-0.25, -0.2) is 4.98 Å². The molecule has 0 N–H and O–H groups in total. The zero-order valence-corrected chi connectivity index (χ0v) is 15.5. The Morgan fingerprint density at radius 1 is 1.04 bits per heavy atom. The molecular weight excluding hydrogens is 356 g/mol. The van der Waals surface area contributed by atoms with E-state index >= 15 is 0 Å². The number of para-hydroxylation sites is 2. The van der Waals surface area contributed by atoms with Gasteiger partial charge in [0, 0.05) is 11.1 Å². The van der Waals surface area contributed by atoms with E-state index in [1.165, 1.54) is 0 Å². The van der Waals surface area contributed by atoms with Gasteiger partial charge in [-0.1, -0.05) is 60.3 Å². The topological polar surface area (TPSA) is 59.6 Å². The smallest absolute Gasteiger partial charge is 0.263 e. The lowest BCUT2D eigenvalue weighted by Crippen LogP contribution is -2.42. The van der Waals surface area contributed by atoms with Crippen LogP contribution < -0.4 is 0 Å². The van der Waals surface area contributed by atoms with Crippen LogP contribution in [0.2, 0.25) is 0 Å². The summed E-state index contributed by atoms with van der Waals surface area (Å²) in [6, 6.07) is 21.6. The van der Waals surface area contributed by atoms with Gasteiger partial charge in [0.2, 0.25) is 0 Å². The highest BCUT2D eigenvalue weighted by Crippen LogP contribution is 2.36. The molecule has 2 heterocycles. The van der Waals surface area contributed by atoms with E-state index in [0.29, 0.717) is 5.75 Å². The Hall–Kier alpha value is -2.99. The molecule has 1 atom stereocenters. The zero-order chi connectivity index (χ0) is 18.4. The van der Waals surface area contributed by atoms with Gasteiger partial charge >= 0.3 is 0 Å². The van der Waals surface area contributed by atoms with Gasteiger partial charge in [-0.15, -0.1) is 0 Å². The Kier molecular flexibility index (Phi) is 3.62. The second kappa shape index (κ2) is 6.03. The van der Waals surface area contributed by atoms with E-state index in [-0.39, 0.29) is 5.91 Å². The lowest BCUT2D eigenvalue weighted by Gasteiger charge is -2.27. The minimum atomic E-state index is -0.932. The summed E-state index contributed by atoms with van der Waals surface area (Å²) >= 11 is 1.54. The van der Waals surface area contributed by atoms with E-state index < -0.39 is 5.54 Å². The quantitative estimate of drug-likeness (QED) is 0.438. The molecule has 5 nitrogen and oxygen atoms in total. The molecule has 1 unspecified atom stereocenters. The van der Waals surface area contributed by atoms with E-state index in [2.05, 4.69) is 15.2 Å². The first-order valence-corrected chi connectivity index (χ1v) is 9.70. The fraction of sp³-hybridized carbons (Fsp3) is 0.143. The Labute approximate surface area is 160 Å². The standard InChI is InChI=1S/C21H16N4OS/c1-21(24-23-16-11-6-8-14-7-2-3-9-15(14)16)13-27-20-22-17-10-4-5-12-18(17)25(20)19(21)26/h2-12H,13H2,1H3. The number of carbonyl (C=O) groups excluding carboxylic acids is 1. The van der Waals surface area contributed by atoms with Crippen LogP contribution in [0.3, 0.4) is 0 Å². The molecule has 0 aliphatic carbocycles. The number of aromatic nitrogens is 2. The van der Waals surface area contributed by atoms with Gasteiger partial charge in [-0.05, 0) is 30.5 Å². The van der Waals surface area contributed by atoms with Crippen LogP contribution in [0.15, 0.2) is 82.1 Å². The number of azo groups is 1. The van der Waals surface area contributed by atoms with Crippen molar-refractivity contribution in [2.75, 3.05) is 5.75 Å². The van der Waals surface area contributed by atoms with Gasteiger partial charge < -0.3 is 0 Å². The van der Waals surface area contributed by atoms with E-state index in [0.717, 1.165) is 32.6 Å². The minimum Gasteiger partial charge on any atom is -0.271 e. The van der Waals surface area contributed by atoms with Crippen molar-refractivity contribution in [2.45, 2.75) is 17.6 Å². The summed E-state index contributed by atoms with van der Waals surface area (Å²) in [6.45, 7) is 1.84. The predicted octanol–water partition coefficient (Wildman–Crippen LogP) is 5.48. The van der Waals surface area contributed by atoms with Crippen molar-refractivity contribution < 1.29 is 4.79 Å². The van der Waals surface area contributed by atoms with E-state index in [9.17, 15) is 4.79 Å². The average molecular weight is 372 g/mol. The molecule has 1 aromatic heterocycles. The molecule has 27 heavy (non-hydrogen) atoms. The molecule has 0 saturated heterocycles. The third-order valence-corrected chi connectivity index (χ3v) is 6.06. The Morgan fingerprint density at radius 3 is 2.74 bits per heavy atom. The third-order valence-electron chi connectivity index (χ3n) is 4.82. The summed E-state index contributed by atoms with van der Waals surface area (Å²) in [5, 5.41) is 11.8. The Bertz CT molecular complexity index is 1220. The molecule has 132 valence electrons. The molecule has 0 bridgehead atoms. The number of carbonyl (C=O) groups is 1. The summed E-state index contributed by atoms with van der Waals surface area (Å²) in [6.07, 6.45) is 0. The highest BCUT2D eigenvalue weighted by molar-refractivity contribution is 7.99. The number of thioether (sulfide) groups is 1. The van der Waals surface area contributed by atoms with Crippen LogP contribution in [0.25, 0.3) is 21.8 Å². The molecule has 0 spiro atoms. The van der Waals surface area contributed by atoms with Crippen molar-refractivity contribution >= 4 is 45.2 Å². The fourth-order valence-corrected chi connectivity index (χ4v) is 4.40. The first-order valence-electron chi connectivity index (χ1n) is 8.71. The summed E-state index contributed by atoms with van der Waals surface area (Å²) in [4.78, 5) is 17.8. The highest BCUT2D eigenvalue weighted by Gasteiger charge is 2.41. The van der Waals surface area contributed by atoms with Crippen molar-refractivity contribution in [3.63, 3.8) is 0 Å². The molecular formula is C21H16N4OS. The SMILES string of the molecule is CC1(N=Nc2cccc3ccccc23)CSc2nc3ccccc3n2C1=O. The number of hydrogen-bond acceptors (Lipinski definition) is 5. The zero-order valence-electron chi connectivity index (χ0n) is 14.7. The molecule has 1 aliphatic rings. The van der Waals surface area contributed by atoms with Crippen LogP contribution in [0, 0.1) is 0 Å². The van der Waals surface area contributed by atoms with E-state index in [4.69, 9.17) is 0 Å². The molecule has 4 aromatic rings. The number of fused-ring (bicyclic) bond motifs is 4. The van der Waals surface area contributed by atoms with Crippen LogP contribution in [0.4, 0.5) is 5.69 Å². The normalized spacial score (nSPS) is 19.8. The van der Waals surface area contributed by atoms with Gasteiger partial charge in [-0.2, -0.15) is 10.2 Å². The average Bonchev–Trinajstić information content (AvgIpc) is 3.08. The lowest BCUT2D eigenvalue weighted by molar-refractivity contribution is 0.0816. The van der Waals surface area contributed by atoms with E-state index in [1.807, 2.05) is 73.7 Å². The van der Waals surface area contributed by atoms with Crippen molar-refractivity contribution in [3.05, 3.63) is 66.7 Å². The highest BCUT2D eigenvalue weighted by atomic mass is 32.2. The number of rotatable bonds is 2. The molecule has 3 aromatic carbocycles. The van der Waals surface area contributed by atoms with Crippen molar-refractivity contribution in [1.82, 2.24) is 9.55 Å². The largest absolute Gasteiger partial charge is 0.271 e. The summed E-state index contributed by atoms with van der Waals surface area (Å²) in [5.74, 6) is 0.428. The second-order valence-corrected chi connectivity index (χ2v) is 7.73. The maximum absolute atomic E-state index is 13.3. The molecule has 0 saturated carbocycles. The molecule has 0 fully saturated rings. The van der Waals surface area contributed by atoms with Gasteiger partial charge in [0.25, 0.3) is 5.91 Å². The second-order valence-electron chi connectivity index (χ2n) is 6.78. The maximum atomic E-state index is 13.3. The van der Waals surface area contributed by atoms with Crippen LogP contribution in [0.1, 0.15) is 11.7 Å². The minimum absolute atomic E-state index is 0.0889. The first-order chi connectivity index (χ1) is 13.2. The van der Waals surface area contributed by atoms with Crippen LogP contribution >= 0.6 is 11.8 Å². The van der Waals surface area contributed by atoms with Gasteiger partial charge in [-0.3, -0.25) is 9.36 Å². The van der Waals surface area contributed by atoms with Crippen LogP contribution in [0.5, 0.6) is 0 Å². The molecule has 6 heteroatoms. The van der Waals surface area contributed by atoms with E-state index in [1.54, 1.807) is 16.3 Å². The number of nitrogens with zero attached hydrogens (tertiary/aromatic N) is 4. The van der Waals surface area contributed by atoms with Gasteiger partial charge in [0.05, 0.1) is 16.7 Å². The first kappa shape index (κ1) is 16.2. The van der Waals surface area contributed by atoms with Gasteiger partial charge in [0.15, 0.2) is 10.7 Å². The van der Waals surface area contributed by atoms with Crippen molar-refractivity contribution in [2.24, 2.45) is 10.2 Å². The monoisotopic (exact) mass is 372 g/mol. The molecule has 0 radical (unpaired) electrons. The van der Waals surface area contributed by atoms with Crippen LogP contribution in [-0.2, 0) is 0 Å². The van der Waals surface area contributed by atoms with Crippen molar-refractivity contribution in [1.29, 1.82) is 0 Å². The fourth-order valence-electron chi connectivity index (χ4n) is 3.34. The number of benzene rings is 3. The van der Waals surface area contributed by atoms with Crippen molar-refractivity contribution in [3.8, 4) is 0 Å². The molecule has 1 aliphatic heterocycles. The summed E-state index contributed by atoms with van der Waals surface area (Å²) in [7, 11) is 0. The Morgan fingerprint density at radius 2 is 1.81 bits per heavy atom. The number of hydrogen-bond donors (Lipinski definition) is 0. The maximum Gasteiger partial charge on any atom is 0.263 e. The third kappa shape index (κ3) is 2.56. The molecule has 5 rings (SSSR count). The number of imidazole rings is 1. The van der Waals surface area contributed by atoms with Gasteiger partial charge in [0.1, 0.15) is 0 Å². The molecule has 0 amide bonds. The summed E-state index contributed by atoms with van der Waals surface area (Å²) in [5.41, 5.74) is 1.48. The van der Waals surface area contributed by atoms with Crippen LogP contribution in [-0.4, -0.2) is 26.8 Å².